The first kappa shape index (κ1) is 18.4. The van der Waals surface area contributed by atoms with Crippen molar-refractivity contribution in [1.29, 1.82) is 0 Å². The van der Waals surface area contributed by atoms with Gasteiger partial charge < -0.3 is 14.2 Å². The zero-order valence-corrected chi connectivity index (χ0v) is 15.8. The molecule has 0 amide bonds. The minimum atomic E-state index is -0.544. The van der Waals surface area contributed by atoms with Crippen LogP contribution in [0.1, 0.15) is 18.1 Å². The summed E-state index contributed by atoms with van der Waals surface area (Å²) >= 11 is 0. The molecule has 1 aliphatic heterocycles. The number of ether oxygens (including phenoxy) is 3. The van der Waals surface area contributed by atoms with Crippen LogP contribution in [0.2, 0.25) is 0 Å². The second-order valence-electron chi connectivity index (χ2n) is 6.37. The summed E-state index contributed by atoms with van der Waals surface area (Å²) in [5.74, 6) is -0.0792. The molecule has 4 rings (SSSR count). The second-order valence-corrected chi connectivity index (χ2v) is 6.37. The normalized spacial score (nSPS) is 14.6. The number of aliphatic imine (C=N–C) groups is 1. The largest absolute Gasteiger partial charge is 0.493 e. The molecule has 0 aliphatic carbocycles. The van der Waals surface area contributed by atoms with Gasteiger partial charge in [0.1, 0.15) is 0 Å². The summed E-state index contributed by atoms with van der Waals surface area (Å²) in [6, 6.07) is 18.6. The first-order valence-corrected chi connectivity index (χ1v) is 8.92. The van der Waals surface area contributed by atoms with E-state index in [0.717, 1.165) is 16.3 Å². The topological polar surface area (TPSA) is 74.2 Å². The molecule has 0 unspecified atom stereocenters. The number of hydrogen-bond acceptors (Lipinski definition) is 6. The van der Waals surface area contributed by atoms with E-state index in [2.05, 4.69) is 4.99 Å². The monoisotopic (exact) mass is 387 g/mol. The quantitative estimate of drug-likeness (QED) is 0.382. The Balaban J connectivity index is 1.72. The number of nitrogens with zero attached hydrogens (tertiary/aromatic N) is 1. The summed E-state index contributed by atoms with van der Waals surface area (Å²) in [5, 5.41) is 1.98. The molecule has 0 saturated carbocycles. The lowest BCUT2D eigenvalue weighted by molar-refractivity contribution is -0.132. The van der Waals surface area contributed by atoms with Gasteiger partial charge in [-0.1, -0.05) is 42.5 Å². The average molecular weight is 387 g/mol. The third kappa shape index (κ3) is 3.73. The van der Waals surface area contributed by atoms with Gasteiger partial charge in [-0.05, 0) is 40.6 Å². The smallest absolute Gasteiger partial charge is 0.363 e. The Morgan fingerprint density at radius 3 is 2.62 bits per heavy atom. The van der Waals surface area contributed by atoms with Gasteiger partial charge in [-0.2, -0.15) is 0 Å². The molecule has 0 atom stereocenters. The summed E-state index contributed by atoms with van der Waals surface area (Å²) in [5.41, 5.74) is 1.53. The molecule has 0 radical (unpaired) electrons. The Hall–Kier alpha value is -3.93. The number of fused-ring (bicyclic) bond motifs is 1. The van der Waals surface area contributed by atoms with Gasteiger partial charge in [-0.15, -0.1) is 0 Å². The number of methoxy groups -OCH3 is 1. The highest BCUT2D eigenvalue weighted by Gasteiger charge is 2.25. The lowest BCUT2D eigenvalue weighted by Crippen LogP contribution is -2.06. The van der Waals surface area contributed by atoms with Crippen LogP contribution in [-0.2, 0) is 14.3 Å². The maximum absolute atomic E-state index is 12.4. The van der Waals surface area contributed by atoms with Crippen LogP contribution in [0.25, 0.3) is 16.8 Å². The summed E-state index contributed by atoms with van der Waals surface area (Å²) in [6.45, 7) is 1.31. The van der Waals surface area contributed by atoms with Gasteiger partial charge in [0.25, 0.3) is 0 Å². The summed E-state index contributed by atoms with van der Waals surface area (Å²) in [4.78, 5) is 28.1. The Morgan fingerprint density at radius 2 is 1.83 bits per heavy atom. The molecule has 6 nitrogen and oxygen atoms in total. The van der Waals surface area contributed by atoms with Crippen molar-refractivity contribution in [2.24, 2.45) is 4.99 Å². The van der Waals surface area contributed by atoms with Crippen molar-refractivity contribution in [2.45, 2.75) is 6.92 Å². The van der Waals surface area contributed by atoms with E-state index in [1.54, 1.807) is 24.3 Å². The predicted octanol–water partition coefficient (Wildman–Crippen LogP) is 4.12. The molecule has 1 heterocycles. The molecule has 3 aromatic carbocycles. The molecule has 0 fully saturated rings. The zero-order chi connectivity index (χ0) is 20.4. The molecule has 0 saturated heterocycles. The van der Waals surface area contributed by atoms with Crippen LogP contribution >= 0.6 is 0 Å². The van der Waals surface area contributed by atoms with Gasteiger partial charge >= 0.3 is 11.9 Å². The zero-order valence-electron chi connectivity index (χ0n) is 15.8. The fraction of sp³-hybridized carbons (Fsp3) is 0.0870. The van der Waals surface area contributed by atoms with Gasteiger partial charge in [-0.3, -0.25) is 4.79 Å². The van der Waals surface area contributed by atoms with E-state index < -0.39 is 11.9 Å². The molecule has 3 aromatic rings. The second kappa shape index (κ2) is 7.59. The molecule has 0 bridgehead atoms. The number of carbonyl (C=O) groups excluding carboxylic acids is 2. The Labute approximate surface area is 167 Å². The van der Waals surface area contributed by atoms with Crippen LogP contribution in [0, 0.1) is 0 Å². The van der Waals surface area contributed by atoms with Crippen LogP contribution in [0.15, 0.2) is 71.4 Å². The van der Waals surface area contributed by atoms with Crippen molar-refractivity contribution < 1.29 is 23.8 Å². The first-order valence-electron chi connectivity index (χ1n) is 8.92. The molecule has 29 heavy (non-hydrogen) atoms. The van der Waals surface area contributed by atoms with Gasteiger partial charge in [0.15, 0.2) is 17.2 Å². The number of esters is 2. The van der Waals surface area contributed by atoms with Crippen LogP contribution in [0.4, 0.5) is 0 Å². The van der Waals surface area contributed by atoms with Gasteiger partial charge in [-0.25, -0.2) is 9.79 Å². The first-order chi connectivity index (χ1) is 14.0. The minimum Gasteiger partial charge on any atom is -0.493 e. The number of hydrogen-bond donors (Lipinski definition) is 0. The number of rotatable bonds is 4. The average Bonchev–Trinajstić information content (AvgIpc) is 3.07. The fourth-order valence-electron chi connectivity index (χ4n) is 3.11. The van der Waals surface area contributed by atoms with E-state index in [9.17, 15) is 9.59 Å². The van der Waals surface area contributed by atoms with Crippen molar-refractivity contribution in [3.05, 3.63) is 77.5 Å². The van der Waals surface area contributed by atoms with E-state index in [4.69, 9.17) is 14.2 Å². The molecular formula is C23H17NO5. The molecule has 1 aliphatic rings. The number of benzene rings is 3. The standard InChI is InChI=1S/C23H17NO5/c1-14(25)28-21-13-15(10-11-20(21)27-2)12-19-23(26)29-22(24-19)18-9-5-7-16-6-3-4-8-17(16)18/h3-13H,1-2H3. The van der Waals surface area contributed by atoms with E-state index in [1.165, 1.54) is 14.0 Å². The number of carbonyl (C=O) groups is 2. The van der Waals surface area contributed by atoms with E-state index >= 15 is 0 Å². The van der Waals surface area contributed by atoms with Gasteiger partial charge in [0.2, 0.25) is 5.90 Å². The summed E-state index contributed by atoms with van der Waals surface area (Å²) < 4.78 is 15.8. The van der Waals surface area contributed by atoms with E-state index in [0.29, 0.717) is 11.3 Å². The number of cyclic esters (lactones) is 1. The SMILES string of the molecule is COc1ccc(C=C2N=C(c3cccc4ccccc34)OC2=O)cc1OC(C)=O. The van der Waals surface area contributed by atoms with Crippen molar-refractivity contribution in [2.75, 3.05) is 7.11 Å². The Morgan fingerprint density at radius 1 is 1.03 bits per heavy atom. The van der Waals surface area contributed by atoms with Crippen molar-refractivity contribution in [1.82, 2.24) is 0 Å². The van der Waals surface area contributed by atoms with Crippen molar-refractivity contribution in [3.63, 3.8) is 0 Å². The molecule has 6 heteroatoms. The molecule has 144 valence electrons. The van der Waals surface area contributed by atoms with Gasteiger partial charge in [0, 0.05) is 12.5 Å². The van der Waals surface area contributed by atoms with Gasteiger partial charge in [0.05, 0.1) is 7.11 Å². The highest BCUT2D eigenvalue weighted by molar-refractivity contribution is 6.17. The Bertz CT molecular complexity index is 1190. The summed E-state index contributed by atoms with van der Waals surface area (Å²) in [7, 11) is 1.48. The van der Waals surface area contributed by atoms with Crippen LogP contribution in [-0.4, -0.2) is 24.9 Å². The maximum atomic E-state index is 12.4. The van der Waals surface area contributed by atoms with Crippen molar-refractivity contribution >= 4 is 34.7 Å². The van der Waals surface area contributed by atoms with Crippen LogP contribution in [0.5, 0.6) is 11.5 Å². The molecule has 0 aromatic heterocycles. The summed E-state index contributed by atoms with van der Waals surface area (Å²) in [6.07, 6.45) is 1.58. The lowest BCUT2D eigenvalue weighted by Gasteiger charge is -2.08. The maximum Gasteiger partial charge on any atom is 0.363 e. The Kier molecular flexibility index (Phi) is 4.83. The highest BCUT2D eigenvalue weighted by atomic mass is 16.6. The minimum absolute atomic E-state index is 0.159. The molecule has 0 N–H and O–H groups in total. The molecule has 0 spiro atoms. The van der Waals surface area contributed by atoms with Crippen molar-refractivity contribution in [3.8, 4) is 11.5 Å². The van der Waals surface area contributed by atoms with E-state index in [-0.39, 0.29) is 17.3 Å². The highest BCUT2D eigenvalue weighted by Crippen LogP contribution is 2.30. The third-order valence-electron chi connectivity index (χ3n) is 4.39. The van der Waals surface area contributed by atoms with Crippen LogP contribution < -0.4 is 9.47 Å². The van der Waals surface area contributed by atoms with Crippen LogP contribution in [0.3, 0.4) is 0 Å². The molecular weight excluding hydrogens is 370 g/mol. The van der Waals surface area contributed by atoms with E-state index in [1.807, 2.05) is 42.5 Å². The fourth-order valence-corrected chi connectivity index (χ4v) is 3.11. The predicted molar refractivity (Wildman–Crippen MR) is 109 cm³/mol. The third-order valence-corrected chi connectivity index (χ3v) is 4.39. The lowest BCUT2D eigenvalue weighted by atomic mass is 10.0.